The Morgan fingerprint density at radius 2 is 1.67 bits per heavy atom. The smallest absolute Gasteiger partial charge is 0.251 e. The van der Waals surface area contributed by atoms with Crippen molar-refractivity contribution in [3.05, 3.63) is 59.7 Å². The summed E-state index contributed by atoms with van der Waals surface area (Å²) in [7, 11) is 0. The van der Waals surface area contributed by atoms with Crippen LogP contribution in [0.1, 0.15) is 33.6 Å². The van der Waals surface area contributed by atoms with Crippen LogP contribution in [-0.2, 0) is 0 Å². The van der Waals surface area contributed by atoms with Crippen LogP contribution in [-0.4, -0.2) is 17.9 Å². The van der Waals surface area contributed by atoms with E-state index in [0.29, 0.717) is 17.2 Å². The molecular formula is C17H16N2O2. The molecule has 0 atom stereocenters. The van der Waals surface area contributed by atoms with E-state index >= 15 is 0 Å². The number of benzene rings is 2. The van der Waals surface area contributed by atoms with E-state index in [0.717, 1.165) is 24.0 Å². The molecular weight excluding hydrogens is 264 g/mol. The summed E-state index contributed by atoms with van der Waals surface area (Å²) < 4.78 is 0. The molecule has 3 N–H and O–H groups in total. The van der Waals surface area contributed by atoms with Crippen LogP contribution in [0.15, 0.2) is 48.5 Å². The second-order valence-corrected chi connectivity index (χ2v) is 5.27. The summed E-state index contributed by atoms with van der Waals surface area (Å²) in [5.74, 6) is -0.479. The van der Waals surface area contributed by atoms with Crippen LogP contribution in [0, 0.1) is 0 Å². The van der Waals surface area contributed by atoms with E-state index in [1.807, 2.05) is 30.3 Å². The Hall–Kier alpha value is -2.62. The van der Waals surface area contributed by atoms with Gasteiger partial charge in [-0.05, 0) is 48.2 Å². The number of nitrogens with two attached hydrogens (primary N) is 1. The van der Waals surface area contributed by atoms with Gasteiger partial charge in [0.15, 0.2) is 0 Å². The molecule has 21 heavy (non-hydrogen) atoms. The maximum atomic E-state index is 12.0. The third-order valence-corrected chi connectivity index (χ3v) is 3.54. The minimum Gasteiger partial charge on any atom is -0.366 e. The fraction of sp³-hybridized carbons (Fsp3) is 0.176. The largest absolute Gasteiger partial charge is 0.366 e. The highest BCUT2D eigenvalue weighted by Crippen LogP contribution is 2.23. The number of carbonyl (C=O) groups excluding carboxylic acids is 2. The molecule has 0 spiro atoms. The Kier molecular flexibility index (Phi) is 3.44. The van der Waals surface area contributed by atoms with Crippen molar-refractivity contribution in [2.24, 2.45) is 5.73 Å². The van der Waals surface area contributed by atoms with Crippen molar-refractivity contribution in [2.45, 2.75) is 18.9 Å². The monoisotopic (exact) mass is 280 g/mol. The summed E-state index contributed by atoms with van der Waals surface area (Å²) in [6.07, 6.45) is 2.14. The fourth-order valence-electron chi connectivity index (χ4n) is 2.16. The van der Waals surface area contributed by atoms with Crippen molar-refractivity contribution in [1.29, 1.82) is 0 Å². The standard InChI is InChI=1S/C17H16N2O2/c18-16(20)12-6-4-11(5-7-12)13-2-1-3-14(10-13)17(21)19-15-8-9-15/h1-7,10,15H,8-9H2,(H2,18,20)(H,19,21). The van der Waals surface area contributed by atoms with E-state index in [-0.39, 0.29) is 5.91 Å². The van der Waals surface area contributed by atoms with Crippen LogP contribution in [0.3, 0.4) is 0 Å². The Balaban J connectivity index is 1.84. The minimum absolute atomic E-state index is 0.0342. The minimum atomic E-state index is -0.445. The van der Waals surface area contributed by atoms with Crippen molar-refractivity contribution in [3.8, 4) is 11.1 Å². The van der Waals surface area contributed by atoms with E-state index in [2.05, 4.69) is 5.32 Å². The third-order valence-electron chi connectivity index (χ3n) is 3.54. The molecule has 2 aromatic carbocycles. The molecule has 4 nitrogen and oxygen atoms in total. The zero-order chi connectivity index (χ0) is 14.8. The van der Waals surface area contributed by atoms with E-state index < -0.39 is 5.91 Å². The quantitative estimate of drug-likeness (QED) is 0.902. The number of primary amides is 1. The Morgan fingerprint density at radius 3 is 2.29 bits per heavy atom. The first-order valence-electron chi connectivity index (χ1n) is 6.94. The van der Waals surface area contributed by atoms with Gasteiger partial charge in [0.2, 0.25) is 5.91 Å². The highest BCUT2D eigenvalue weighted by Gasteiger charge is 2.23. The summed E-state index contributed by atoms with van der Waals surface area (Å²) in [5.41, 5.74) is 8.24. The number of amides is 2. The van der Waals surface area contributed by atoms with Gasteiger partial charge in [-0.3, -0.25) is 9.59 Å². The molecule has 0 radical (unpaired) electrons. The number of hydrogen-bond acceptors (Lipinski definition) is 2. The lowest BCUT2D eigenvalue weighted by molar-refractivity contribution is 0.0949. The number of carbonyl (C=O) groups is 2. The van der Waals surface area contributed by atoms with E-state index in [9.17, 15) is 9.59 Å². The van der Waals surface area contributed by atoms with E-state index in [4.69, 9.17) is 5.73 Å². The van der Waals surface area contributed by atoms with Gasteiger partial charge < -0.3 is 11.1 Å². The van der Waals surface area contributed by atoms with Crippen LogP contribution < -0.4 is 11.1 Å². The van der Waals surface area contributed by atoms with Gasteiger partial charge in [0.25, 0.3) is 5.91 Å². The Morgan fingerprint density at radius 1 is 0.952 bits per heavy atom. The van der Waals surface area contributed by atoms with Gasteiger partial charge in [-0.25, -0.2) is 0 Å². The summed E-state index contributed by atoms with van der Waals surface area (Å²) in [4.78, 5) is 23.1. The molecule has 0 bridgehead atoms. The fourth-order valence-corrected chi connectivity index (χ4v) is 2.16. The average molecular weight is 280 g/mol. The molecule has 3 rings (SSSR count). The van der Waals surface area contributed by atoms with Crippen molar-refractivity contribution in [3.63, 3.8) is 0 Å². The molecule has 106 valence electrons. The molecule has 0 aliphatic heterocycles. The normalized spacial score (nSPS) is 13.7. The zero-order valence-electron chi connectivity index (χ0n) is 11.5. The molecule has 1 fully saturated rings. The van der Waals surface area contributed by atoms with Gasteiger partial charge in [-0.2, -0.15) is 0 Å². The van der Waals surface area contributed by atoms with E-state index in [1.165, 1.54) is 0 Å². The molecule has 2 amide bonds. The molecule has 0 unspecified atom stereocenters. The lowest BCUT2D eigenvalue weighted by Gasteiger charge is -2.07. The van der Waals surface area contributed by atoms with Gasteiger partial charge in [-0.15, -0.1) is 0 Å². The van der Waals surface area contributed by atoms with E-state index in [1.54, 1.807) is 18.2 Å². The molecule has 0 aromatic heterocycles. The lowest BCUT2D eigenvalue weighted by atomic mass is 10.0. The van der Waals surface area contributed by atoms with Crippen molar-refractivity contribution in [2.75, 3.05) is 0 Å². The van der Waals surface area contributed by atoms with Crippen molar-refractivity contribution < 1.29 is 9.59 Å². The molecule has 4 heteroatoms. The molecule has 1 aliphatic rings. The van der Waals surface area contributed by atoms with Crippen LogP contribution in [0.25, 0.3) is 11.1 Å². The highest BCUT2D eigenvalue weighted by molar-refractivity contribution is 5.96. The number of rotatable bonds is 4. The molecule has 1 aliphatic carbocycles. The first-order chi connectivity index (χ1) is 10.1. The van der Waals surface area contributed by atoms with Gasteiger partial charge in [0, 0.05) is 17.2 Å². The summed E-state index contributed by atoms with van der Waals surface area (Å²) in [5, 5.41) is 2.97. The Bertz CT molecular complexity index is 688. The van der Waals surface area contributed by atoms with Gasteiger partial charge in [-0.1, -0.05) is 24.3 Å². The second kappa shape index (κ2) is 5.40. The molecule has 0 heterocycles. The maximum Gasteiger partial charge on any atom is 0.251 e. The maximum absolute atomic E-state index is 12.0. The predicted octanol–water partition coefficient (Wildman–Crippen LogP) is 2.34. The zero-order valence-corrected chi connectivity index (χ0v) is 11.5. The average Bonchev–Trinajstić information content (AvgIpc) is 3.31. The molecule has 0 saturated heterocycles. The lowest BCUT2D eigenvalue weighted by Crippen LogP contribution is -2.25. The predicted molar refractivity (Wildman–Crippen MR) is 80.9 cm³/mol. The topological polar surface area (TPSA) is 72.2 Å². The number of hydrogen-bond donors (Lipinski definition) is 2. The molecule has 1 saturated carbocycles. The first-order valence-corrected chi connectivity index (χ1v) is 6.94. The van der Waals surface area contributed by atoms with Crippen molar-refractivity contribution in [1.82, 2.24) is 5.32 Å². The third kappa shape index (κ3) is 3.11. The van der Waals surface area contributed by atoms with Crippen LogP contribution in [0.2, 0.25) is 0 Å². The van der Waals surface area contributed by atoms with Crippen LogP contribution in [0.5, 0.6) is 0 Å². The SMILES string of the molecule is NC(=O)c1ccc(-c2cccc(C(=O)NC3CC3)c2)cc1. The summed E-state index contributed by atoms with van der Waals surface area (Å²) in [6.45, 7) is 0. The molecule has 2 aromatic rings. The number of nitrogens with one attached hydrogen (secondary N) is 1. The van der Waals surface area contributed by atoms with Gasteiger partial charge >= 0.3 is 0 Å². The van der Waals surface area contributed by atoms with Gasteiger partial charge in [0.1, 0.15) is 0 Å². The van der Waals surface area contributed by atoms with Crippen LogP contribution >= 0.6 is 0 Å². The Labute approximate surface area is 123 Å². The van der Waals surface area contributed by atoms with Crippen LogP contribution in [0.4, 0.5) is 0 Å². The first kappa shape index (κ1) is 13.4. The summed E-state index contributed by atoms with van der Waals surface area (Å²) >= 11 is 0. The summed E-state index contributed by atoms with van der Waals surface area (Å²) in [6, 6.07) is 14.8. The highest BCUT2D eigenvalue weighted by atomic mass is 16.2. The second-order valence-electron chi connectivity index (χ2n) is 5.27. The van der Waals surface area contributed by atoms with Gasteiger partial charge in [0.05, 0.1) is 0 Å². The van der Waals surface area contributed by atoms with Crippen molar-refractivity contribution >= 4 is 11.8 Å².